The SMILES string of the molecule is C1=Cc2ccccc2ON1.C=C=C. The van der Waals surface area contributed by atoms with Crippen molar-refractivity contribution in [3.8, 4) is 5.75 Å². The Hall–Kier alpha value is -1.92. The molecule has 1 aromatic carbocycles. The lowest BCUT2D eigenvalue weighted by atomic mass is 10.2. The van der Waals surface area contributed by atoms with Gasteiger partial charge in [-0.25, -0.2) is 5.48 Å². The Morgan fingerprint density at radius 1 is 1.23 bits per heavy atom. The minimum Gasteiger partial charge on any atom is -0.382 e. The van der Waals surface area contributed by atoms with Crippen molar-refractivity contribution in [1.82, 2.24) is 5.48 Å². The van der Waals surface area contributed by atoms with Crippen LogP contribution in [0, 0.1) is 0 Å². The zero-order valence-corrected chi connectivity index (χ0v) is 7.29. The lowest BCUT2D eigenvalue weighted by molar-refractivity contribution is 0.239. The summed E-state index contributed by atoms with van der Waals surface area (Å²) in [6.07, 6.45) is 3.74. The first-order chi connectivity index (χ1) is 6.38. The van der Waals surface area contributed by atoms with Crippen molar-refractivity contribution in [1.29, 1.82) is 0 Å². The molecule has 0 unspecified atom stereocenters. The number of para-hydroxylation sites is 1. The topological polar surface area (TPSA) is 21.3 Å². The fourth-order valence-corrected chi connectivity index (χ4v) is 0.932. The lowest BCUT2D eigenvalue weighted by Gasteiger charge is -2.11. The molecule has 0 aliphatic carbocycles. The summed E-state index contributed by atoms with van der Waals surface area (Å²) in [5.41, 5.74) is 6.02. The van der Waals surface area contributed by atoms with Crippen LogP contribution in [0.15, 0.2) is 49.4 Å². The van der Waals surface area contributed by atoms with Crippen LogP contribution in [0.2, 0.25) is 0 Å². The number of hydrogen-bond acceptors (Lipinski definition) is 2. The van der Waals surface area contributed by atoms with E-state index in [0.29, 0.717) is 0 Å². The van der Waals surface area contributed by atoms with E-state index in [9.17, 15) is 0 Å². The number of rotatable bonds is 0. The van der Waals surface area contributed by atoms with Gasteiger partial charge in [-0.15, -0.1) is 5.73 Å². The number of fused-ring (bicyclic) bond motifs is 1. The second kappa shape index (κ2) is 4.86. The van der Waals surface area contributed by atoms with Crippen molar-refractivity contribution in [3.63, 3.8) is 0 Å². The summed E-state index contributed by atoms with van der Waals surface area (Å²) in [7, 11) is 0. The second-order valence-electron chi connectivity index (χ2n) is 2.34. The van der Waals surface area contributed by atoms with E-state index < -0.39 is 0 Å². The van der Waals surface area contributed by atoms with Gasteiger partial charge < -0.3 is 4.84 Å². The van der Waals surface area contributed by atoms with Crippen LogP contribution in [0.25, 0.3) is 6.08 Å². The first kappa shape index (κ1) is 9.17. The highest BCUT2D eigenvalue weighted by molar-refractivity contribution is 5.57. The summed E-state index contributed by atoms with van der Waals surface area (Å²) >= 11 is 0. The van der Waals surface area contributed by atoms with Gasteiger partial charge in [-0.1, -0.05) is 31.4 Å². The number of hydroxylamine groups is 1. The molecule has 1 aromatic rings. The highest BCUT2D eigenvalue weighted by Crippen LogP contribution is 2.20. The molecule has 1 aliphatic rings. The van der Waals surface area contributed by atoms with Crippen molar-refractivity contribution in [2.24, 2.45) is 0 Å². The van der Waals surface area contributed by atoms with E-state index in [4.69, 9.17) is 4.84 Å². The van der Waals surface area contributed by atoms with Crippen molar-refractivity contribution in [2.45, 2.75) is 0 Å². The van der Waals surface area contributed by atoms with Crippen molar-refractivity contribution >= 4 is 6.08 Å². The third-order valence-electron chi connectivity index (χ3n) is 1.42. The maximum atomic E-state index is 5.09. The van der Waals surface area contributed by atoms with Gasteiger partial charge in [-0.05, 0) is 12.1 Å². The summed E-state index contributed by atoms with van der Waals surface area (Å²) in [4.78, 5) is 5.09. The molecule has 66 valence electrons. The molecule has 2 heteroatoms. The predicted molar refractivity (Wildman–Crippen MR) is 54.0 cm³/mol. The van der Waals surface area contributed by atoms with Gasteiger partial charge in [0.05, 0.1) is 0 Å². The molecule has 0 spiro atoms. The normalized spacial score (nSPS) is 10.8. The molecule has 0 saturated heterocycles. The molecule has 0 atom stereocenters. The average Bonchev–Trinajstić information content (AvgIpc) is 2.19. The number of nitrogens with one attached hydrogen (secondary N) is 1. The van der Waals surface area contributed by atoms with Gasteiger partial charge >= 0.3 is 0 Å². The molecule has 0 radical (unpaired) electrons. The number of benzene rings is 1. The summed E-state index contributed by atoms with van der Waals surface area (Å²) in [5.74, 6) is 0.880. The van der Waals surface area contributed by atoms with Crippen LogP contribution in [0.4, 0.5) is 0 Å². The van der Waals surface area contributed by atoms with Crippen LogP contribution in [0.5, 0.6) is 5.75 Å². The van der Waals surface area contributed by atoms with E-state index in [-0.39, 0.29) is 0 Å². The summed E-state index contributed by atoms with van der Waals surface area (Å²) in [5, 5.41) is 0. The molecule has 13 heavy (non-hydrogen) atoms. The van der Waals surface area contributed by atoms with Gasteiger partial charge in [-0.2, -0.15) is 0 Å². The Labute approximate surface area is 77.8 Å². The highest BCUT2D eigenvalue weighted by Gasteiger charge is 2.01. The van der Waals surface area contributed by atoms with E-state index in [2.05, 4.69) is 24.4 Å². The summed E-state index contributed by atoms with van der Waals surface area (Å²) < 4.78 is 0. The van der Waals surface area contributed by atoms with Crippen LogP contribution in [0.3, 0.4) is 0 Å². The van der Waals surface area contributed by atoms with Crippen molar-refractivity contribution in [2.75, 3.05) is 0 Å². The molecule has 2 rings (SSSR count). The van der Waals surface area contributed by atoms with E-state index >= 15 is 0 Å². The minimum atomic E-state index is 0.880. The quantitative estimate of drug-likeness (QED) is 0.609. The Bertz CT molecular complexity index is 336. The monoisotopic (exact) mass is 173 g/mol. The zero-order valence-electron chi connectivity index (χ0n) is 7.29. The first-order valence-corrected chi connectivity index (χ1v) is 3.85. The molecular formula is C11H11NO. The number of hydrogen-bond donors (Lipinski definition) is 1. The van der Waals surface area contributed by atoms with Crippen LogP contribution < -0.4 is 10.3 Å². The fourth-order valence-electron chi connectivity index (χ4n) is 0.932. The van der Waals surface area contributed by atoms with Crippen LogP contribution in [0.1, 0.15) is 5.56 Å². The second-order valence-corrected chi connectivity index (χ2v) is 2.34. The van der Waals surface area contributed by atoms with Gasteiger partial charge in [0, 0.05) is 11.8 Å². The Kier molecular flexibility index (Phi) is 3.43. The van der Waals surface area contributed by atoms with Gasteiger partial charge in [-0.3, -0.25) is 0 Å². The summed E-state index contributed by atoms with van der Waals surface area (Å²) in [6, 6.07) is 7.86. The molecule has 0 saturated carbocycles. The van der Waals surface area contributed by atoms with Crippen molar-refractivity contribution in [3.05, 3.63) is 54.9 Å². The molecule has 1 heterocycles. The Balaban J connectivity index is 0.000000251. The molecule has 0 aromatic heterocycles. The Morgan fingerprint density at radius 2 is 1.92 bits per heavy atom. The molecule has 2 nitrogen and oxygen atoms in total. The average molecular weight is 173 g/mol. The zero-order chi connectivity index (χ0) is 9.52. The smallest absolute Gasteiger partial charge is 0.162 e. The van der Waals surface area contributed by atoms with E-state index in [0.717, 1.165) is 11.3 Å². The van der Waals surface area contributed by atoms with E-state index in [1.165, 1.54) is 0 Å². The van der Waals surface area contributed by atoms with Gasteiger partial charge in [0.1, 0.15) is 0 Å². The molecule has 1 N–H and O–H groups in total. The van der Waals surface area contributed by atoms with Crippen LogP contribution in [-0.4, -0.2) is 0 Å². The van der Waals surface area contributed by atoms with Crippen molar-refractivity contribution < 1.29 is 4.84 Å². The Morgan fingerprint density at radius 3 is 2.62 bits per heavy atom. The standard InChI is InChI=1S/C8H7NO.C3H4/c1-2-4-8-7(3-1)5-6-9-10-8;1-3-2/h1-6,9H;1-2H2. The maximum Gasteiger partial charge on any atom is 0.162 e. The van der Waals surface area contributed by atoms with Crippen LogP contribution in [-0.2, 0) is 0 Å². The van der Waals surface area contributed by atoms with Gasteiger partial charge in [0.2, 0.25) is 0 Å². The third-order valence-corrected chi connectivity index (χ3v) is 1.42. The summed E-state index contributed by atoms with van der Waals surface area (Å²) in [6.45, 7) is 6.25. The molecule has 0 bridgehead atoms. The van der Waals surface area contributed by atoms with Gasteiger partial charge in [0.25, 0.3) is 0 Å². The third kappa shape index (κ3) is 2.55. The van der Waals surface area contributed by atoms with E-state index in [1.54, 1.807) is 6.20 Å². The fraction of sp³-hybridized carbons (Fsp3) is 0. The van der Waals surface area contributed by atoms with Crippen LogP contribution >= 0.6 is 0 Å². The molecule has 0 fully saturated rings. The molecule has 0 amide bonds. The first-order valence-electron chi connectivity index (χ1n) is 3.85. The van der Waals surface area contributed by atoms with Gasteiger partial charge in [0.15, 0.2) is 5.75 Å². The minimum absolute atomic E-state index is 0.880. The van der Waals surface area contributed by atoms with E-state index in [1.807, 2.05) is 30.3 Å². The molecule has 1 aliphatic heterocycles. The molecular weight excluding hydrogens is 162 g/mol. The lowest BCUT2D eigenvalue weighted by Crippen LogP contribution is -2.13. The predicted octanol–water partition coefficient (Wildman–Crippen LogP) is 2.51. The maximum absolute atomic E-state index is 5.09. The largest absolute Gasteiger partial charge is 0.382 e. The highest BCUT2D eigenvalue weighted by atomic mass is 16.6.